The number of benzene rings is 1. The lowest BCUT2D eigenvalue weighted by Gasteiger charge is -2.21. The second-order valence-electron chi connectivity index (χ2n) is 5.28. The van der Waals surface area contributed by atoms with Crippen LogP contribution >= 0.6 is 0 Å². The lowest BCUT2D eigenvalue weighted by atomic mass is 9.86. The van der Waals surface area contributed by atoms with Crippen molar-refractivity contribution in [3.8, 4) is 0 Å². The zero-order chi connectivity index (χ0) is 13.1. The summed E-state index contributed by atoms with van der Waals surface area (Å²) in [5.74, 6) is 0.618. The number of rotatable bonds is 3. The van der Waals surface area contributed by atoms with Crippen LogP contribution in [0.4, 0.5) is 11.4 Å². The average Bonchev–Trinajstić information content (AvgIpc) is 2.90. The molecule has 1 aliphatic rings. The quantitative estimate of drug-likeness (QED) is 0.823. The molecule has 96 valence electrons. The van der Waals surface area contributed by atoms with Gasteiger partial charge in [-0.25, -0.2) is 0 Å². The Morgan fingerprint density at radius 3 is 2.58 bits per heavy atom. The lowest BCUT2D eigenvalue weighted by Crippen LogP contribution is -2.07. The molecule has 1 heterocycles. The molecule has 1 aliphatic carbocycles. The first-order valence-corrected chi connectivity index (χ1v) is 6.99. The van der Waals surface area contributed by atoms with Gasteiger partial charge in [0, 0.05) is 11.6 Å². The summed E-state index contributed by atoms with van der Waals surface area (Å²) in [5.41, 5.74) is 4.17. The van der Waals surface area contributed by atoms with Crippen LogP contribution in [-0.4, -0.2) is 18.0 Å². The van der Waals surface area contributed by atoms with Gasteiger partial charge in [0.25, 0.3) is 0 Å². The van der Waals surface area contributed by atoms with Crippen molar-refractivity contribution in [2.45, 2.75) is 38.0 Å². The number of hydrogen-bond donors (Lipinski definition) is 2. The number of aromatic nitrogens is 2. The highest BCUT2D eigenvalue weighted by atomic mass is 15.1. The van der Waals surface area contributed by atoms with E-state index in [0.29, 0.717) is 5.92 Å². The molecule has 0 saturated heterocycles. The second kappa shape index (κ2) is 5.51. The van der Waals surface area contributed by atoms with Crippen LogP contribution in [0.15, 0.2) is 30.5 Å². The van der Waals surface area contributed by atoms with Crippen LogP contribution in [0.1, 0.15) is 43.7 Å². The molecule has 0 amide bonds. The number of aromatic amines is 1. The first-order valence-electron chi connectivity index (χ1n) is 6.99. The minimum absolute atomic E-state index is 0.618. The van der Waals surface area contributed by atoms with E-state index in [9.17, 15) is 0 Å². The highest BCUT2D eigenvalue weighted by Gasteiger charge is 2.20. The van der Waals surface area contributed by atoms with E-state index in [4.69, 9.17) is 7.85 Å². The molecule has 2 radical (unpaired) electrons. The third kappa shape index (κ3) is 2.83. The van der Waals surface area contributed by atoms with Crippen LogP contribution in [0.25, 0.3) is 0 Å². The van der Waals surface area contributed by atoms with Crippen molar-refractivity contribution in [3.63, 3.8) is 0 Å². The first-order chi connectivity index (χ1) is 9.33. The van der Waals surface area contributed by atoms with Gasteiger partial charge in [-0.05, 0) is 25.0 Å². The van der Waals surface area contributed by atoms with Crippen LogP contribution in [0.3, 0.4) is 0 Å². The van der Waals surface area contributed by atoms with Gasteiger partial charge < -0.3 is 5.32 Å². The zero-order valence-corrected chi connectivity index (χ0v) is 11.0. The predicted octanol–water partition coefficient (Wildman–Crippen LogP) is 2.99. The summed E-state index contributed by atoms with van der Waals surface area (Å²) < 4.78 is 0. The minimum Gasteiger partial charge on any atom is -0.353 e. The van der Waals surface area contributed by atoms with E-state index >= 15 is 0 Å². The Bertz CT molecular complexity index is 527. The van der Waals surface area contributed by atoms with Crippen molar-refractivity contribution in [1.29, 1.82) is 0 Å². The van der Waals surface area contributed by atoms with E-state index in [2.05, 4.69) is 15.5 Å². The van der Waals surface area contributed by atoms with Crippen LogP contribution in [0.5, 0.6) is 0 Å². The number of nitrogens with zero attached hydrogens (tertiary/aromatic N) is 1. The van der Waals surface area contributed by atoms with Crippen LogP contribution in [-0.2, 0) is 0 Å². The molecule has 0 unspecified atom stereocenters. The molecule has 4 heteroatoms. The molecular weight excluding hydrogens is 233 g/mol. The molecular formula is C15H18BN3. The Kier molecular flexibility index (Phi) is 3.58. The lowest BCUT2D eigenvalue weighted by molar-refractivity contribution is 0.437. The maximum atomic E-state index is 5.70. The Morgan fingerprint density at radius 1 is 1.11 bits per heavy atom. The Hall–Kier alpha value is -1.71. The van der Waals surface area contributed by atoms with Crippen molar-refractivity contribution in [1.82, 2.24) is 10.2 Å². The standard InChI is InChI=1S/C15H18BN3/c16-12-6-8-13(9-7-12)18-14-10-17-19-15(14)11-4-2-1-3-5-11/h6-11,18H,1-5H2,(H,17,19). The number of nitrogens with one attached hydrogen (secondary N) is 2. The van der Waals surface area contributed by atoms with E-state index in [1.807, 2.05) is 30.5 Å². The smallest absolute Gasteiger partial charge is 0.113 e. The molecule has 0 bridgehead atoms. The molecule has 1 aromatic carbocycles. The van der Waals surface area contributed by atoms with Gasteiger partial charge in [0.05, 0.1) is 17.6 Å². The molecule has 1 saturated carbocycles. The third-order valence-electron chi connectivity index (χ3n) is 3.87. The molecule has 2 aromatic rings. The molecule has 19 heavy (non-hydrogen) atoms. The van der Waals surface area contributed by atoms with Crippen LogP contribution in [0, 0.1) is 0 Å². The van der Waals surface area contributed by atoms with E-state index in [0.717, 1.165) is 16.8 Å². The fraction of sp³-hybridized carbons (Fsp3) is 0.400. The summed E-state index contributed by atoms with van der Waals surface area (Å²) >= 11 is 0. The average molecular weight is 251 g/mol. The van der Waals surface area contributed by atoms with Gasteiger partial charge in [-0.2, -0.15) is 5.10 Å². The summed E-state index contributed by atoms with van der Waals surface area (Å²) in [5, 5.41) is 10.8. The summed E-state index contributed by atoms with van der Waals surface area (Å²) in [6.07, 6.45) is 8.42. The summed E-state index contributed by atoms with van der Waals surface area (Å²) in [6, 6.07) is 7.80. The van der Waals surface area contributed by atoms with Crippen molar-refractivity contribution in [3.05, 3.63) is 36.2 Å². The van der Waals surface area contributed by atoms with Crippen LogP contribution < -0.4 is 10.8 Å². The summed E-state index contributed by atoms with van der Waals surface area (Å²) in [6.45, 7) is 0. The molecule has 1 aromatic heterocycles. The molecule has 3 nitrogen and oxygen atoms in total. The van der Waals surface area contributed by atoms with Gasteiger partial charge >= 0.3 is 0 Å². The second-order valence-corrected chi connectivity index (χ2v) is 5.28. The molecule has 0 spiro atoms. The van der Waals surface area contributed by atoms with E-state index in [-0.39, 0.29) is 0 Å². The fourth-order valence-electron chi connectivity index (χ4n) is 2.82. The number of anilines is 2. The highest BCUT2D eigenvalue weighted by Crippen LogP contribution is 2.35. The monoisotopic (exact) mass is 251 g/mol. The van der Waals surface area contributed by atoms with Gasteiger partial charge in [0.2, 0.25) is 0 Å². The van der Waals surface area contributed by atoms with E-state index in [1.54, 1.807) is 0 Å². The van der Waals surface area contributed by atoms with Gasteiger partial charge in [0.1, 0.15) is 7.85 Å². The molecule has 2 N–H and O–H groups in total. The minimum atomic E-state index is 0.618. The topological polar surface area (TPSA) is 40.7 Å². The predicted molar refractivity (Wildman–Crippen MR) is 79.5 cm³/mol. The van der Waals surface area contributed by atoms with E-state index < -0.39 is 0 Å². The number of H-pyrrole nitrogens is 1. The Labute approximate surface area is 115 Å². The van der Waals surface area contributed by atoms with Gasteiger partial charge in [-0.1, -0.05) is 36.9 Å². The van der Waals surface area contributed by atoms with Gasteiger partial charge in [-0.15, -0.1) is 0 Å². The van der Waals surface area contributed by atoms with Crippen molar-refractivity contribution in [2.75, 3.05) is 5.32 Å². The Morgan fingerprint density at radius 2 is 1.84 bits per heavy atom. The van der Waals surface area contributed by atoms with Crippen molar-refractivity contribution >= 4 is 24.7 Å². The zero-order valence-electron chi connectivity index (χ0n) is 11.0. The third-order valence-corrected chi connectivity index (χ3v) is 3.87. The first kappa shape index (κ1) is 12.3. The van der Waals surface area contributed by atoms with E-state index in [1.165, 1.54) is 37.8 Å². The largest absolute Gasteiger partial charge is 0.353 e. The molecule has 3 rings (SSSR count). The van der Waals surface area contributed by atoms with Crippen molar-refractivity contribution in [2.24, 2.45) is 0 Å². The normalized spacial score (nSPS) is 16.4. The molecule has 0 atom stereocenters. The fourth-order valence-corrected chi connectivity index (χ4v) is 2.82. The van der Waals surface area contributed by atoms with Crippen molar-refractivity contribution < 1.29 is 0 Å². The van der Waals surface area contributed by atoms with Crippen LogP contribution in [0.2, 0.25) is 0 Å². The summed E-state index contributed by atoms with van der Waals surface area (Å²) in [7, 11) is 5.70. The van der Waals surface area contributed by atoms with Gasteiger partial charge in [0.15, 0.2) is 0 Å². The number of hydrogen-bond acceptors (Lipinski definition) is 2. The SMILES string of the molecule is [B]c1ccc(Nc2cn[nH]c2C2CCCCC2)cc1. The maximum absolute atomic E-state index is 5.70. The van der Waals surface area contributed by atoms with Gasteiger partial charge in [-0.3, -0.25) is 5.10 Å². The molecule has 1 fully saturated rings. The molecule has 0 aliphatic heterocycles. The Balaban J connectivity index is 1.77. The summed E-state index contributed by atoms with van der Waals surface area (Å²) in [4.78, 5) is 0. The highest BCUT2D eigenvalue weighted by molar-refractivity contribution is 6.32. The maximum Gasteiger partial charge on any atom is 0.113 e.